The van der Waals surface area contributed by atoms with Crippen LogP contribution >= 0.6 is 11.8 Å². The predicted octanol–water partition coefficient (Wildman–Crippen LogP) is 3.02. The highest BCUT2D eigenvalue weighted by Crippen LogP contribution is 2.23. The van der Waals surface area contributed by atoms with Crippen LogP contribution in [0.1, 0.15) is 18.4 Å². The van der Waals surface area contributed by atoms with E-state index in [4.69, 9.17) is 4.74 Å². The van der Waals surface area contributed by atoms with E-state index in [9.17, 15) is 0 Å². The monoisotopic (exact) mass is 251 g/mol. The maximum Gasteiger partial charge on any atom is 0.0480 e. The molecule has 0 atom stereocenters. The molecule has 0 unspecified atom stereocenters. The first-order chi connectivity index (χ1) is 8.31. The smallest absolute Gasteiger partial charge is 0.0480 e. The molecule has 2 rings (SSSR count). The average molecular weight is 251 g/mol. The molecule has 1 heterocycles. The maximum absolute atomic E-state index is 5.41. The van der Waals surface area contributed by atoms with Crippen LogP contribution in [0.5, 0.6) is 0 Å². The second-order valence-electron chi connectivity index (χ2n) is 4.57. The van der Waals surface area contributed by atoms with Gasteiger partial charge in [-0.15, -0.1) is 11.8 Å². The van der Waals surface area contributed by atoms with Crippen LogP contribution in [0.2, 0.25) is 0 Å². The van der Waals surface area contributed by atoms with E-state index in [-0.39, 0.29) is 0 Å². The van der Waals surface area contributed by atoms with Gasteiger partial charge in [-0.25, -0.2) is 0 Å². The Morgan fingerprint density at radius 3 is 2.71 bits per heavy atom. The van der Waals surface area contributed by atoms with Gasteiger partial charge in [-0.2, -0.15) is 0 Å². The van der Waals surface area contributed by atoms with Crippen LogP contribution in [0.4, 0.5) is 0 Å². The van der Waals surface area contributed by atoms with Crippen molar-refractivity contribution in [2.45, 2.75) is 30.3 Å². The summed E-state index contributed by atoms with van der Waals surface area (Å²) in [5.74, 6) is 0. The fraction of sp³-hybridized carbons (Fsp3) is 0.571. The van der Waals surface area contributed by atoms with Crippen molar-refractivity contribution in [1.82, 2.24) is 4.90 Å². The molecular weight excluding hydrogens is 230 g/mol. The third-order valence-electron chi connectivity index (χ3n) is 3.43. The van der Waals surface area contributed by atoms with Crippen LogP contribution in [0.25, 0.3) is 0 Å². The van der Waals surface area contributed by atoms with Crippen molar-refractivity contribution in [3.8, 4) is 0 Å². The van der Waals surface area contributed by atoms with Crippen molar-refractivity contribution in [3.05, 3.63) is 29.8 Å². The Balaban J connectivity index is 1.99. The largest absolute Gasteiger partial charge is 0.381 e. The molecular formula is C14H21NOS. The van der Waals surface area contributed by atoms with Gasteiger partial charge >= 0.3 is 0 Å². The first-order valence-electron chi connectivity index (χ1n) is 6.21. The lowest BCUT2D eigenvalue weighted by atomic mass is 10.1. The number of ether oxygens (including phenoxy) is 1. The predicted molar refractivity (Wildman–Crippen MR) is 73.5 cm³/mol. The minimum absolute atomic E-state index is 0.679. The van der Waals surface area contributed by atoms with Crippen LogP contribution in [0.3, 0.4) is 0 Å². The van der Waals surface area contributed by atoms with Gasteiger partial charge in [-0.3, -0.25) is 4.90 Å². The van der Waals surface area contributed by atoms with Crippen molar-refractivity contribution in [2.24, 2.45) is 0 Å². The summed E-state index contributed by atoms with van der Waals surface area (Å²) in [6, 6.07) is 9.37. The average Bonchev–Trinajstić information content (AvgIpc) is 2.40. The van der Waals surface area contributed by atoms with Gasteiger partial charge in [0.25, 0.3) is 0 Å². The first kappa shape index (κ1) is 12.9. The molecule has 1 aliphatic rings. The zero-order valence-corrected chi connectivity index (χ0v) is 11.5. The lowest BCUT2D eigenvalue weighted by molar-refractivity contribution is 0.0405. The van der Waals surface area contributed by atoms with Gasteiger partial charge in [-0.1, -0.05) is 18.2 Å². The van der Waals surface area contributed by atoms with Gasteiger partial charge in [0.1, 0.15) is 0 Å². The lowest BCUT2D eigenvalue weighted by Crippen LogP contribution is -2.36. The lowest BCUT2D eigenvalue weighted by Gasteiger charge is -2.31. The molecule has 0 radical (unpaired) electrons. The van der Waals surface area contributed by atoms with Crippen molar-refractivity contribution >= 4 is 11.8 Å². The molecule has 17 heavy (non-hydrogen) atoms. The molecule has 0 amide bonds. The van der Waals surface area contributed by atoms with E-state index in [2.05, 4.69) is 42.5 Å². The minimum Gasteiger partial charge on any atom is -0.381 e. The Hall–Kier alpha value is -0.510. The van der Waals surface area contributed by atoms with E-state index in [0.717, 1.165) is 32.6 Å². The summed E-state index contributed by atoms with van der Waals surface area (Å²) in [7, 11) is 2.23. The number of hydrogen-bond acceptors (Lipinski definition) is 3. The number of thioether (sulfide) groups is 1. The first-order valence-corrected chi connectivity index (χ1v) is 7.43. The Kier molecular flexibility index (Phi) is 4.89. The molecule has 1 fully saturated rings. The maximum atomic E-state index is 5.41. The molecule has 1 aromatic rings. The molecule has 0 N–H and O–H groups in total. The van der Waals surface area contributed by atoms with E-state index >= 15 is 0 Å². The van der Waals surface area contributed by atoms with Crippen molar-refractivity contribution in [3.63, 3.8) is 0 Å². The quantitative estimate of drug-likeness (QED) is 0.763. The molecule has 0 saturated carbocycles. The Labute approximate surface area is 108 Å². The second kappa shape index (κ2) is 6.43. The molecule has 0 spiro atoms. The third-order valence-corrected chi connectivity index (χ3v) is 4.26. The van der Waals surface area contributed by atoms with Gasteiger partial charge in [0, 0.05) is 30.7 Å². The summed E-state index contributed by atoms with van der Waals surface area (Å²) >= 11 is 1.83. The number of nitrogens with zero attached hydrogens (tertiary/aromatic N) is 1. The van der Waals surface area contributed by atoms with Gasteiger partial charge in [0.05, 0.1) is 0 Å². The van der Waals surface area contributed by atoms with Crippen LogP contribution in [0.15, 0.2) is 29.2 Å². The van der Waals surface area contributed by atoms with E-state index in [0.29, 0.717) is 6.04 Å². The normalized spacial score (nSPS) is 17.6. The van der Waals surface area contributed by atoms with Gasteiger partial charge < -0.3 is 4.74 Å². The molecule has 1 aromatic carbocycles. The topological polar surface area (TPSA) is 12.5 Å². The molecule has 2 nitrogen and oxygen atoms in total. The fourth-order valence-corrected chi connectivity index (χ4v) is 2.97. The summed E-state index contributed by atoms with van der Waals surface area (Å²) in [5, 5.41) is 0. The van der Waals surface area contributed by atoms with Gasteiger partial charge in [0.2, 0.25) is 0 Å². The van der Waals surface area contributed by atoms with Crippen LogP contribution < -0.4 is 0 Å². The highest BCUT2D eigenvalue weighted by atomic mass is 32.2. The van der Waals surface area contributed by atoms with E-state index in [1.807, 2.05) is 11.8 Å². The second-order valence-corrected chi connectivity index (χ2v) is 5.42. The zero-order chi connectivity index (χ0) is 12.1. The Morgan fingerprint density at radius 2 is 2.00 bits per heavy atom. The molecule has 94 valence electrons. The van der Waals surface area contributed by atoms with Gasteiger partial charge in [-0.05, 0) is 37.8 Å². The van der Waals surface area contributed by atoms with Crippen molar-refractivity contribution < 1.29 is 4.74 Å². The van der Waals surface area contributed by atoms with E-state index < -0.39 is 0 Å². The number of hydrogen-bond donors (Lipinski definition) is 0. The summed E-state index contributed by atoms with van der Waals surface area (Å²) < 4.78 is 5.41. The van der Waals surface area contributed by atoms with Crippen LogP contribution in [-0.2, 0) is 11.3 Å². The summed E-state index contributed by atoms with van der Waals surface area (Å²) in [6.45, 7) is 2.88. The summed E-state index contributed by atoms with van der Waals surface area (Å²) in [4.78, 5) is 3.86. The fourth-order valence-electron chi connectivity index (χ4n) is 2.36. The molecule has 0 bridgehead atoms. The molecule has 0 aromatic heterocycles. The van der Waals surface area contributed by atoms with Crippen LogP contribution in [-0.4, -0.2) is 37.5 Å². The van der Waals surface area contributed by atoms with E-state index in [1.165, 1.54) is 10.5 Å². The number of rotatable bonds is 4. The SMILES string of the molecule is CSc1ccccc1CN(C)C1CCOCC1. The summed E-state index contributed by atoms with van der Waals surface area (Å²) in [5.41, 5.74) is 1.44. The van der Waals surface area contributed by atoms with Crippen molar-refractivity contribution in [1.29, 1.82) is 0 Å². The standard InChI is InChI=1S/C14H21NOS/c1-15(13-7-9-16-10-8-13)11-12-5-3-4-6-14(12)17-2/h3-6,13H,7-11H2,1-2H3. The summed E-state index contributed by atoms with van der Waals surface area (Å²) in [6.07, 6.45) is 4.48. The number of benzene rings is 1. The highest BCUT2D eigenvalue weighted by Gasteiger charge is 2.18. The minimum atomic E-state index is 0.679. The highest BCUT2D eigenvalue weighted by molar-refractivity contribution is 7.98. The van der Waals surface area contributed by atoms with Gasteiger partial charge in [0.15, 0.2) is 0 Å². The van der Waals surface area contributed by atoms with Crippen LogP contribution in [0, 0.1) is 0 Å². The molecule has 3 heteroatoms. The van der Waals surface area contributed by atoms with Crippen molar-refractivity contribution in [2.75, 3.05) is 26.5 Å². The Morgan fingerprint density at radius 1 is 1.29 bits per heavy atom. The van der Waals surface area contributed by atoms with E-state index in [1.54, 1.807) is 0 Å². The third kappa shape index (κ3) is 3.47. The Bertz CT molecular complexity index is 350. The molecule has 1 aliphatic heterocycles. The molecule has 0 aliphatic carbocycles. The molecule has 1 saturated heterocycles. The zero-order valence-electron chi connectivity index (χ0n) is 10.7.